The summed E-state index contributed by atoms with van der Waals surface area (Å²) in [5.41, 5.74) is 5.17. The average Bonchev–Trinajstić information content (AvgIpc) is 3.25. The second-order valence-corrected chi connectivity index (χ2v) is 14.0. The van der Waals surface area contributed by atoms with Gasteiger partial charge >= 0.3 is 12.1 Å². The lowest BCUT2D eigenvalue weighted by Crippen LogP contribution is -2.54. The summed E-state index contributed by atoms with van der Waals surface area (Å²) in [7, 11) is 0. The monoisotopic (exact) mass is 696 g/mol. The first-order valence-electron chi connectivity index (χ1n) is 16.9. The molecule has 3 fully saturated rings. The average molecular weight is 698 g/mol. The second-order valence-electron chi connectivity index (χ2n) is 13.2. The summed E-state index contributed by atoms with van der Waals surface area (Å²) in [6.45, 7) is 11.2. The highest BCUT2D eigenvalue weighted by Crippen LogP contribution is 2.27. The maximum atomic E-state index is 14.0. The molecule has 1 atom stereocenters. The van der Waals surface area contributed by atoms with Gasteiger partial charge in [-0.1, -0.05) is 46.3 Å². The summed E-state index contributed by atoms with van der Waals surface area (Å²) in [6, 6.07) is 12.5. The number of piperazine rings is 1. The van der Waals surface area contributed by atoms with E-state index in [1.807, 2.05) is 41.8 Å². The number of ether oxygens (including phenoxy) is 1. The predicted molar refractivity (Wildman–Crippen MR) is 184 cm³/mol. The Morgan fingerprint density at radius 1 is 0.913 bits per heavy atom. The van der Waals surface area contributed by atoms with E-state index in [1.54, 1.807) is 4.90 Å². The third kappa shape index (κ3) is 7.52. The van der Waals surface area contributed by atoms with Crippen molar-refractivity contribution < 1.29 is 20.5 Å². The quantitative estimate of drug-likeness (QED) is 0.450. The third-order valence-corrected chi connectivity index (χ3v) is 11.4. The highest BCUT2D eigenvalue weighted by atomic mass is 79.9. The Hall–Kier alpha value is -3.15. The molecular formula is C35H49BrN6O4. The van der Waals surface area contributed by atoms with Crippen LogP contribution in [0.3, 0.4) is 0 Å². The molecule has 4 aliphatic rings. The van der Waals surface area contributed by atoms with Crippen LogP contribution in [0, 0.1) is 13.8 Å². The number of rotatable bonds is 6. The Bertz CT molecular complexity index is 1400. The Kier molecular flexibility index (Phi) is 10.5. The molecule has 0 radical (unpaired) electrons. The number of aryl methyl sites for hydroxylation is 2. The number of para-hydroxylation sites is 1. The molecule has 0 aliphatic carbocycles. The number of carbonyl (C=O) groups is 3. The van der Waals surface area contributed by atoms with Crippen molar-refractivity contribution in [2.24, 2.45) is 0 Å². The number of hydrogen-bond acceptors (Lipinski definition) is 6. The van der Waals surface area contributed by atoms with Gasteiger partial charge in [0.25, 0.3) is 5.91 Å². The van der Waals surface area contributed by atoms with Crippen LogP contribution >= 0.6 is 15.9 Å². The number of fused-ring (bicyclic) bond motifs is 1. The molecule has 4 heterocycles. The van der Waals surface area contributed by atoms with E-state index in [4.69, 9.17) is 4.74 Å². The van der Waals surface area contributed by atoms with Crippen molar-refractivity contribution in [3.05, 3.63) is 63.1 Å². The SMILES string of the molecule is Cc1cc(C[C@@H](OC(=O)N2CCC(N3CCc4ccccc4NC3=O)CC2)C(=O)N2CCC(N3CCNCC3)CC2)cc(C)c1Br.[HH]. The van der Waals surface area contributed by atoms with E-state index in [9.17, 15) is 14.4 Å². The molecule has 6 rings (SSSR count). The minimum absolute atomic E-state index is 0. The molecule has 250 valence electrons. The van der Waals surface area contributed by atoms with E-state index in [0.29, 0.717) is 58.0 Å². The molecule has 0 spiro atoms. The lowest BCUT2D eigenvalue weighted by atomic mass is 9.99. The number of halogens is 1. The first kappa shape index (κ1) is 32.8. The normalized spacial score (nSPS) is 20.9. The fourth-order valence-corrected chi connectivity index (χ4v) is 7.77. The van der Waals surface area contributed by atoms with E-state index in [0.717, 1.165) is 77.9 Å². The summed E-state index contributed by atoms with van der Waals surface area (Å²) < 4.78 is 7.15. The molecule has 2 N–H and O–H groups in total. The van der Waals surface area contributed by atoms with Crippen LogP contribution in [0.1, 0.15) is 49.4 Å². The number of nitrogens with one attached hydrogen (secondary N) is 2. The zero-order valence-corrected chi connectivity index (χ0v) is 28.7. The van der Waals surface area contributed by atoms with E-state index >= 15 is 0 Å². The van der Waals surface area contributed by atoms with Crippen LogP contribution < -0.4 is 10.6 Å². The topological polar surface area (TPSA) is 97.5 Å². The standard InChI is InChI=1S/C35H47BrN6O4.H2/c1-24-21-26(22-25(2)32(24)36)23-31(33(43)40-14-8-28(9-15-40)39-19-12-37-13-20-39)46-35(45)41-16-10-29(11-17-41)42-18-7-27-5-3-4-6-30(27)38-34(42)44;/h3-6,21-22,28-29,31,37H,7-20,23H2,1-2H3,(H,38,44);1H/t31-;/m1./s1. The van der Waals surface area contributed by atoms with E-state index in [-0.39, 0.29) is 19.4 Å². The zero-order chi connectivity index (χ0) is 32.2. The molecular weight excluding hydrogens is 648 g/mol. The van der Waals surface area contributed by atoms with Crippen molar-refractivity contribution in [3.63, 3.8) is 0 Å². The first-order valence-corrected chi connectivity index (χ1v) is 17.7. The minimum Gasteiger partial charge on any atom is -0.436 e. The van der Waals surface area contributed by atoms with Crippen LogP contribution in [0.5, 0.6) is 0 Å². The molecule has 2 aromatic rings. The second kappa shape index (κ2) is 14.7. The lowest BCUT2D eigenvalue weighted by Gasteiger charge is -2.41. The summed E-state index contributed by atoms with van der Waals surface area (Å²) in [4.78, 5) is 48.7. The van der Waals surface area contributed by atoms with Gasteiger partial charge in [-0.05, 0) is 74.3 Å². The smallest absolute Gasteiger partial charge is 0.410 e. The molecule has 10 nitrogen and oxygen atoms in total. The summed E-state index contributed by atoms with van der Waals surface area (Å²) >= 11 is 3.65. The van der Waals surface area contributed by atoms with E-state index in [2.05, 4.69) is 49.7 Å². The lowest BCUT2D eigenvalue weighted by molar-refractivity contribution is -0.142. The molecule has 0 unspecified atom stereocenters. The summed E-state index contributed by atoms with van der Waals surface area (Å²) in [5, 5.41) is 6.48. The van der Waals surface area contributed by atoms with Crippen LogP contribution in [-0.2, 0) is 22.4 Å². The van der Waals surface area contributed by atoms with Crippen molar-refractivity contribution >= 4 is 39.6 Å². The Morgan fingerprint density at radius 2 is 1.54 bits per heavy atom. The first-order chi connectivity index (χ1) is 22.3. The van der Waals surface area contributed by atoms with Crippen LogP contribution in [0.15, 0.2) is 40.9 Å². The third-order valence-electron chi connectivity index (χ3n) is 10.2. The van der Waals surface area contributed by atoms with Gasteiger partial charge in [0.15, 0.2) is 6.10 Å². The fourth-order valence-electron chi connectivity index (χ4n) is 7.54. The summed E-state index contributed by atoms with van der Waals surface area (Å²) in [5.74, 6) is -0.110. The number of anilines is 1. The predicted octanol–water partition coefficient (Wildman–Crippen LogP) is 4.81. The van der Waals surface area contributed by atoms with Crippen LogP contribution in [0.25, 0.3) is 0 Å². The molecule has 0 aromatic heterocycles. The fraction of sp³-hybridized carbons (Fsp3) is 0.571. The zero-order valence-electron chi connectivity index (χ0n) is 27.1. The molecule has 11 heteroatoms. The molecule has 0 bridgehead atoms. The van der Waals surface area contributed by atoms with Gasteiger partial charge < -0.3 is 30.1 Å². The van der Waals surface area contributed by atoms with Crippen LogP contribution in [0.2, 0.25) is 0 Å². The van der Waals surface area contributed by atoms with E-state index in [1.165, 1.54) is 0 Å². The largest absolute Gasteiger partial charge is 0.436 e. The molecule has 4 amide bonds. The van der Waals surface area contributed by atoms with Crippen LogP contribution in [-0.4, -0.2) is 115 Å². The van der Waals surface area contributed by atoms with Crippen molar-refractivity contribution in [2.75, 3.05) is 64.2 Å². The maximum Gasteiger partial charge on any atom is 0.410 e. The number of urea groups is 1. The van der Waals surface area contributed by atoms with E-state index < -0.39 is 12.2 Å². The van der Waals surface area contributed by atoms with Gasteiger partial charge in [0.05, 0.1) is 0 Å². The van der Waals surface area contributed by atoms with Crippen molar-refractivity contribution in [1.82, 2.24) is 24.9 Å². The van der Waals surface area contributed by atoms with Crippen molar-refractivity contribution in [1.29, 1.82) is 0 Å². The van der Waals surface area contributed by atoms with Gasteiger partial charge in [-0.25, -0.2) is 9.59 Å². The van der Waals surface area contributed by atoms with Crippen LogP contribution in [0.4, 0.5) is 15.3 Å². The Labute approximate surface area is 282 Å². The number of piperidine rings is 2. The number of hydrogen-bond donors (Lipinski definition) is 2. The molecule has 0 saturated carbocycles. The van der Waals surface area contributed by atoms with Gasteiger partial charge in [-0.3, -0.25) is 9.69 Å². The number of amides is 4. The number of benzene rings is 2. The molecule has 4 aliphatic heterocycles. The molecule has 46 heavy (non-hydrogen) atoms. The number of likely N-dealkylation sites (tertiary alicyclic amines) is 2. The Balaban J connectivity index is 0.00000433. The highest BCUT2D eigenvalue weighted by molar-refractivity contribution is 9.10. The maximum absolute atomic E-state index is 14.0. The summed E-state index contributed by atoms with van der Waals surface area (Å²) in [6.07, 6.45) is 2.99. The minimum atomic E-state index is -0.893. The molecule has 2 aromatic carbocycles. The molecule has 3 saturated heterocycles. The van der Waals surface area contributed by atoms with Crippen molar-refractivity contribution in [3.8, 4) is 0 Å². The number of carbonyl (C=O) groups excluding carboxylic acids is 3. The van der Waals surface area contributed by atoms with Gasteiger partial charge in [-0.15, -0.1) is 0 Å². The van der Waals surface area contributed by atoms with Crippen molar-refractivity contribution in [2.45, 2.75) is 70.6 Å². The Morgan fingerprint density at radius 3 is 2.24 bits per heavy atom. The van der Waals surface area contributed by atoms with Gasteiger partial charge in [-0.2, -0.15) is 0 Å². The highest BCUT2D eigenvalue weighted by Gasteiger charge is 2.36. The van der Waals surface area contributed by atoms with Gasteiger partial charge in [0, 0.05) is 89.0 Å². The van der Waals surface area contributed by atoms with Gasteiger partial charge in [0.1, 0.15) is 0 Å². The number of nitrogens with zero attached hydrogens (tertiary/aromatic N) is 4. The van der Waals surface area contributed by atoms with Gasteiger partial charge in [0.2, 0.25) is 0 Å².